The number of aromatic hydroxyl groups is 1. The van der Waals surface area contributed by atoms with Crippen LogP contribution in [0.3, 0.4) is 0 Å². The Kier molecular flexibility index (Phi) is 5.15. The molecule has 2 aromatic carbocycles. The van der Waals surface area contributed by atoms with Gasteiger partial charge in [0.25, 0.3) is 5.56 Å². The number of aromatic nitrogens is 2. The summed E-state index contributed by atoms with van der Waals surface area (Å²) >= 11 is 0. The summed E-state index contributed by atoms with van der Waals surface area (Å²) in [6.45, 7) is 9.75. The van der Waals surface area contributed by atoms with Gasteiger partial charge in [0.05, 0.1) is 11.4 Å². The average molecular weight is 436 g/mol. The monoisotopic (exact) mass is 435 g/mol. The van der Waals surface area contributed by atoms with E-state index in [1.165, 1.54) is 12.3 Å². The van der Waals surface area contributed by atoms with E-state index < -0.39 is 16.9 Å². The van der Waals surface area contributed by atoms with Crippen LogP contribution in [-0.4, -0.2) is 20.3 Å². The second kappa shape index (κ2) is 7.58. The van der Waals surface area contributed by atoms with Crippen LogP contribution in [-0.2, 0) is 12.8 Å². The van der Waals surface area contributed by atoms with E-state index in [0.717, 1.165) is 56.5 Å². The number of aryl methyl sites for hydroxylation is 1. The van der Waals surface area contributed by atoms with E-state index >= 15 is 0 Å². The zero-order valence-corrected chi connectivity index (χ0v) is 19.1. The lowest BCUT2D eigenvalue weighted by molar-refractivity contribution is 0.0641. The number of benzene rings is 2. The topological polar surface area (TPSA) is 110 Å². The first-order valence-corrected chi connectivity index (χ1v) is 10.7. The molecule has 2 heterocycles. The average Bonchev–Trinajstić information content (AvgIpc) is 2.73. The molecule has 1 aliphatic heterocycles. The van der Waals surface area contributed by atoms with Crippen LogP contribution < -0.4 is 21.7 Å². The minimum Gasteiger partial charge on any atom is -0.507 e. The maximum atomic E-state index is 12.4. The maximum Gasteiger partial charge on any atom is 0.333 e. The number of phenols is 1. The Morgan fingerprint density at radius 3 is 2.56 bits per heavy atom. The normalized spacial score (nSPS) is 17.7. The molecule has 1 atom stereocenters. The number of anilines is 1. The molecule has 168 valence electrons. The number of nitrogens with two attached hydrogens (primary N) is 1. The largest absolute Gasteiger partial charge is 0.507 e. The lowest BCUT2D eigenvalue weighted by Crippen LogP contribution is -2.39. The van der Waals surface area contributed by atoms with Crippen LogP contribution in [0.2, 0.25) is 0 Å². The molecule has 0 radical (unpaired) electrons. The number of hydrogen-bond acceptors (Lipinski definition) is 5. The number of phenolic OH excluding ortho intramolecular Hbond substituents is 1. The highest BCUT2D eigenvalue weighted by molar-refractivity contribution is 5.65. The quantitative estimate of drug-likeness (QED) is 0.547. The molecule has 0 bridgehead atoms. The number of rotatable bonds is 3. The number of nitrogen functional groups attached to an aromatic ring is 1. The summed E-state index contributed by atoms with van der Waals surface area (Å²) in [5.74, 6) is 1.16. The van der Waals surface area contributed by atoms with Gasteiger partial charge >= 0.3 is 5.69 Å². The Bertz CT molecular complexity index is 1320. The van der Waals surface area contributed by atoms with Gasteiger partial charge in [-0.15, -0.1) is 0 Å². The molecule has 7 heteroatoms. The summed E-state index contributed by atoms with van der Waals surface area (Å²) in [7, 11) is 0. The molecule has 1 aromatic heterocycles. The first-order chi connectivity index (χ1) is 15.0. The minimum absolute atomic E-state index is 0.333. The molecule has 0 spiro atoms. The molecular weight excluding hydrogens is 406 g/mol. The molecule has 0 saturated heterocycles. The van der Waals surface area contributed by atoms with Gasteiger partial charge in [-0.05, 0) is 81.3 Å². The molecule has 7 nitrogen and oxygen atoms in total. The van der Waals surface area contributed by atoms with E-state index in [4.69, 9.17) is 10.5 Å². The molecule has 0 fully saturated rings. The van der Waals surface area contributed by atoms with Crippen LogP contribution in [0.25, 0.3) is 5.69 Å². The van der Waals surface area contributed by atoms with Gasteiger partial charge in [0.1, 0.15) is 17.1 Å². The van der Waals surface area contributed by atoms with Crippen LogP contribution in [0, 0.1) is 27.7 Å². The fourth-order valence-electron chi connectivity index (χ4n) is 4.66. The molecule has 0 saturated carbocycles. The third-order valence-electron chi connectivity index (χ3n) is 6.64. The number of aromatic amines is 1. The Balaban J connectivity index is 1.77. The summed E-state index contributed by atoms with van der Waals surface area (Å²) in [5.41, 5.74) is 11.2. The highest BCUT2D eigenvalue weighted by Gasteiger charge is 2.35. The standard InChI is InChI=1S/C25H29N3O4/c1-13-10-17(21(26)19(11-13)28-20(29)7-9-27-24(28)31)12-25(5)8-6-18-16(4)22(30)14(2)15(3)23(18)32-25/h7,9-11,30H,6,8,12,26H2,1-5H3,(H,27,31). The molecule has 1 aliphatic rings. The predicted octanol–water partition coefficient (Wildman–Crippen LogP) is 3.37. The SMILES string of the molecule is Cc1cc(CC2(C)CCc3c(C)c(O)c(C)c(C)c3O2)c(N)c(-n2c(=O)cc[nH]c2=O)c1. The number of fused-ring (bicyclic) bond motifs is 1. The molecule has 0 amide bonds. The van der Waals surface area contributed by atoms with Crippen molar-refractivity contribution in [1.29, 1.82) is 0 Å². The zero-order chi connectivity index (χ0) is 23.4. The number of ether oxygens (including phenoxy) is 1. The molecule has 0 aliphatic carbocycles. The fraction of sp³-hybridized carbons (Fsp3) is 0.360. The maximum absolute atomic E-state index is 12.4. The number of hydrogen-bond donors (Lipinski definition) is 3. The molecule has 4 N–H and O–H groups in total. The highest BCUT2D eigenvalue weighted by Crippen LogP contribution is 2.44. The summed E-state index contributed by atoms with van der Waals surface area (Å²) in [5, 5.41) is 10.4. The third-order valence-corrected chi connectivity index (χ3v) is 6.64. The van der Waals surface area contributed by atoms with Crippen LogP contribution >= 0.6 is 0 Å². The Labute approximate surface area is 186 Å². The first kappa shape index (κ1) is 21.7. The first-order valence-electron chi connectivity index (χ1n) is 10.7. The van der Waals surface area contributed by atoms with E-state index in [9.17, 15) is 14.7 Å². The smallest absolute Gasteiger partial charge is 0.333 e. The summed E-state index contributed by atoms with van der Waals surface area (Å²) in [4.78, 5) is 27.3. The van der Waals surface area contributed by atoms with E-state index in [1.54, 1.807) is 6.07 Å². The van der Waals surface area contributed by atoms with Gasteiger partial charge < -0.3 is 20.6 Å². The van der Waals surface area contributed by atoms with Crippen molar-refractivity contribution in [2.24, 2.45) is 0 Å². The Morgan fingerprint density at radius 1 is 1.16 bits per heavy atom. The van der Waals surface area contributed by atoms with Crippen LogP contribution in [0.1, 0.15) is 46.7 Å². The van der Waals surface area contributed by atoms with E-state index in [2.05, 4.69) is 11.9 Å². The van der Waals surface area contributed by atoms with Gasteiger partial charge in [-0.25, -0.2) is 9.36 Å². The van der Waals surface area contributed by atoms with Gasteiger partial charge in [0.15, 0.2) is 0 Å². The zero-order valence-electron chi connectivity index (χ0n) is 19.1. The van der Waals surface area contributed by atoms with Gasteiger partial charge in [0.2, 0.25) is 0 Å². The van der Waals surface area contributed by atoms with Crippen LogP contribution in [0.5, 0.6) is 11.5 Å². The van der Waals surface area contributed by atoms with Crippen molar-refractivity contribution in [3.05, 3.63) is 78.6 Å². The van der Waals surface area contributed by atoms with Crippen LogP contribution in [0.15, 0.2) is 34.0 Å². The highest BCUT2D eigenvalue weighted by atomic mass is 16.5. The molecule has 3 aromatic rings. The molecule has 1 unspecified atom stereocenters. The summed E-state index contributed by atoms with van der Waals surface area (Å²) in [6, 6.07) is 5.02. The second-order valence-electron chi connectivity index (χ2n) is 9.07. The second-order valence-corrected chi connectivity index (χ2v) is 9.07. The fourth-order valence-corrected chi connectivity index (χ4v) is 4.66. The van der Waals surface area contributed by atoms with Gasteiger partial charge in [-0.3, -0.25) is 4.79 Å². The van der Waals surface area contributed by atoms with E-state index in [1.807, 2.05) is 33.8 Å². The lowest BCUT2D eigenvalue weighted by atomic mass is 9.83. The van der Waals surface area contributed by atoms with Crippen LogP contribution in [0.4, 0.5) is 5.69 Å². The van der Waals surface area contributed by atoms with Crippen molar-refractivity contribution in [1.82, 2.24) is 9.55 Å². The molecular formula is C25H29N3O4. The van der Waals surface area contributed by atoms with Gasteiger partial charge in [-0.2, -0.15) is 0 Å². The number of nitrogens with one attached hydrogen (secondary N) is 1. The predicted molar refractivity (Wildman–Crippen MR) is 125 cm³/mol. The Hall–Kier alpha value is -3.48. The van der Waals surface area contributed by atoms with Crippen molar-refractivity contribution in [2.75, 3.05) is 5.73 Å². The van der Waals surface area contributed by atoms with Crippen molar-refractivity contribution in [3.63, 3.8) is 0 Å². The van der Waals surface area contributed by atoms with Gasteiger partial charge in [-0.1, -0.05) is 6.07 Å². The minimum atomic E-state index is -0.531. The number of nitrogens with zero attached hydrogens (tertiary/aromatic N) is 1. The van der Waals surface area contributed by atoms with Gasteiger partial charge in [0, 0.05) is 24.2 Å². The molecule has 32 heavy (non-hydrogen) atoms. The number of H-pyrrole nitrogens is 1. The van der Waals surface area contributed by atoms with Crippen molar-refractivity contribution in [2.45, 2.75) is 59.5 Å². The molecule has 4 rings (SSSR count). The van der Waals surface area contributed by atoms with Crippen molar-refractivity contribution >= 4 is 5.69 Å². The third kappa shape index (κ3) is 3.47. The van der Waals surface area contributed by atoms with Crippen molar-refractivity contribution < 1.29 is 9.84 Å². The summed E-state index contributed by atoms with van der Waals surface area (Å²) < 4.78 is 7.62. The van der Waals surface area contributed by atoms with E-state index in [0.29, 0.717) is 23.5 Å². The van der Waals surface area contributed by atoms with Crippen molar-refractivity contribution in [3.8, 4) is 17.2 Å². The van der Waals surface area contributed by atoms with E-state index in [-0.39, 0.29) is 0 Å². The summed E-state index contributed by atoms with van der Waals surface area (Å²) in [6.07, 6.45) is 3.37. The Morgan fingerprint density at radius 2 is 1.88 bits per heavy atom. The lowest BCUT2D eigenvalue weighted by Gasteiger charge is -2.38.